The standard InChI is InChI=1S/C20H20ClFN2O2/c1-13(25)10-23-11-16-8-14-6-7-17(22)9-19(14)24-20(16)26-12-15-4-2-3-5-18(15)21/h2-9,13,23,25H,10-12H2,1H3. The third-order valence-electron chi connectivity index (χ3n) is 3.90. The van der Waals surface area contributed by atoms with Crippen LogP contribution in [0.3, 0.4) is 0 Å². The van der Waals surface area contributed by atoms with Crippen LogP contribution in [-0.4, -0.2) is 22.7 Å². The van der Waals surface area contributed by atoms with Crippen LogP contribution >= 0.6 is 11.6 Å². The number of nitrogens with zero attached hydrogens (tertiary/aromatic N) is 1. The van der Waals surface area contributed by atoms with Gasteiger partial charge in [-0.2, -0.15) is 0 Å². The number of aliphatic hydroxyl groups excluding tert-OH is 1. The Kier molecular flexibility index (Phi) is 6.04. The highest BCUT2D eigenvalue weighted by Gasteiger charge is 2.11. The van der Waals surface area contributed by atoms with Gasteiger partial charge in [0, 0.05) is 40.7 Å². The zero-order chi connectivity index (χ0) is 18.5. The Morgan fingerprint density at radius 2 is 2.00 bits per heavy atom. The van der Waals surface area contributed by atoms with Crippen molar-refractivity contribution in [3.63, 3.8) is 0 Å². The lowest BCUT2D eigenvalue weighted by Crippen LogP contribution is -2.24. The summed E-state index contributed by atoms with van der Waals surface area (Å²) in [5.74, 6) is 0.0724. The maximum Gasteiger partial charge on any atom is 0.218 e. The van der Waals surface area contributed by atoms with E-state index in [0.29, 0.717) is 29.5 Å². The van der Waals surface area contributed by atoms with Crippen molar-refractivity contribution in [3.05, 3.63) is 70.5 Å². The Bertz CT molecular complexity index is 902. The van der Waals surface area contributed by atoms with Gasteiger partial charge in [-0.1, -0.05) is 29.8 Å². The third-order valence-corrected chi connectivity index (χ3v) is 4.27. The Labute approximate surface area is 156 Å². The zero-order valence-electron chi connectivity index (χ0n) is 14.4. The molecule has 0 aliphatic rings. The summed E-state index contributed by atoms with van der Waals surface area (Å²) in [7, 11) is 0. The molecular weight excluding hydrogens is 355 g/mol. The van der Waals surface area contributed by atoms with E-state index >= 15 is 0 Å². The van der Waals surface area contributed by atoms with Gasteiger partial charge in [-0.3, -0.25) is 0 Å². The first-order valence-electron chi connectivity index (χ1n) is 8.37. The van der Waals surface area contributed by atoms with Crippen molar-refractivity contribution in [2.75, 3.05) is 6.54 Å². The molecule has 136 valence electrons. The van der Waals surface area contributed by atoms with E-state index < -0.39 is 6.10 Å². The smallest absolute Gasteiger partial charge is 0.218 e. The van der Waals surface area contributed by atoms with Crippen molar-refractivity contribution < 1.29 is 14.2 Å². The Morgan fingerprint density at radius 3 is 2.77 bits per heavy atom. The monoisotopic (exact) mass is 374 g/mol. The number of aliphatic hydroxyl groups is 1. The fourth-order valence-corrected chi connectivity index (χ4v) is 2.79. The average Bonchev–Trinajstić information content (AvgIpc) is 2.61. The summed E-state index contributed by atoms with van der Waals surface area (Å²) < 4.78 is 19.4. The Morgan fingerprint density at radius 1 is 1.19 bits per heavy atom. The van der Waals surface area contributed by atoms with E-state index in [1.807, 2.05) is 24.3 Å². The largest absolute Gasteiger partial charge is 0.472 e. The molecule has 3 aromatic rings. The summed E-state index contributed by atoms with van der Waals surface area (Å²) in [5, 5.41) is 14.0. The molecule has 2 aromatic carbocycles. The van der Waals surface area contributed by atoms with Gasteiger partial charge < -0.3 is 15.2 Å². The van der Waals surface area contributed by atoms with E-state index in [-0.39, 0.29) is 12.4 Å². The van der Waals surface area contributed by atoms with E-state index in [0.717, 1.165) is 16.5 Å². The Hall–Kier alpha value is -2.21. The quantitative estimate of drug-likeness (QED) is 0.654. The highest BCUT2D eigenvalue weighted by molar-refractivity contribution is 6.31. The van der Waals surface area contributed by atoms with Crippen LogP contribution in [0.5, 0.6) is 5.88 Å². The van der Waals surface area contributed by atoms with E-state index in [4.69, 9.17) is 16.3 Å². The van der Waals surface area contributed by atoms with Crippen LogP contribution in [-0.2, 0) is 13.2 Å². The molecule has 1 atom stereocenters. The molecule has 0 spiro atoms. The first-order valence-corrected chi connectivity index (χ1v) is 8.75. The molecule has 0 saturated carbocycles. The molecule has 1 heterocycles. The number of benzene rings is 2. The first-order chi connectivity index (χ1) is 12.5. The van der Waals surface area contributed by atoms with Gasteiger partial charge in [-0.15, -0.1) is 0 Å². The predicted octanol–water partition coefficient (Wildman–Crippen LogP) is 4.08. The Balaban J connectivity index is 1.87. The number of hydrogen-bond acceptors (Lipinski definition) is 4. The molecule has 4 nitrogen and oxygen atoms in total. The molecule has 0 radical (unpaired) electrons. The lowest BCUT2D eigenvalue weighted by molar-refractivity contribution is 0.190. The van der Waals surface area contributed by atoms with E-state index in [9.17, 15) is 9.50 Å². The second-order valence-corrected chi connectivity index (χ2v) is 6.56. The minimum atomic E-state index is -0.454. The summed E-state index contributed by atoms with van der Waals surface area (Å²) in [4.78, 5) is 4.47. The molecule has 0 bridgehead atoms. The fourth-order valence-electron chi connectivity index (χ4n) is 2.60. The van der Waals surface area contributed by atoms with Crippen LogP contribution in [0.25, 0.3) is 10.9 Å². The second kappa shape index (κ2) is 8.45. The maximum absolute atomic E-state index is 13.5. The molecule has 1 unspecified atom stereocenters. The van der Waals surface area contributed by atoms with Gasteiger partial charge in [0.1, 0.15) is 12.4 Å². The van der Waals surface area contributed by atoms with Crippen molar-refractivity contribution in [3.8, 4) is 5.88 Å². The van der Waals surface area contributed by atoms with Crippen molar-refractivity contribution in [2.45, 2.75) is 26.2 Å². The van der Waals surface area contributed by atoms with Gasteiger partial charge >= 0.3 is 0 Å². The van der Waals surface area contributed by atoms with Crippen molar-refractivity contribution in [2.24, 2.45) is 0 Å². The zero-order valence-corrected chi connectivity index (χ0v) is 15.1. The van der Waals surface area contributed by atoms with Gasteiger partial charge in [0.2, 0.25) is 5.88 Å². The summed E-state index contributed by atoms with van der Waals surface area (Å²) >= 11 is 6.17. The third kappa shape index (κ3) is 4.69. The van der Waals surface area contributed by atoms with Crippen LogP contribution in [0.15, 0.2) is 48.5 Å². The molecule has 2 N–H and O–H groups in total. The normalized spacial score (nSPS) is 12.3. The van der Waals surface area contributed by atoms with Crippen LogP contribution in [0, 0.1) is 5.82 Å². The molecule has 0 saturated heterocycles. The minimum absolute atomic E-state index is 0.261. The topological polar surface area (TPSA) is 54.4 Å². The SMILES string of the molecule is CC(O)CNCc1cc2ccc(F)cc2nc1OCc1ccccc1Cl. The molecular formula is C20H20ClFN2O2. The summed E-state index contributed by atoms with van der Waals surface area (Å²) in [6, 6.07) is 13.8. The molecule has 26 heavy (non-hydrogen) atoms. The van der Waals surface area contributed by atoms with Gasteiger partial charge in [-0.05, 0) is 31.2 Å². The number of aromatic nitrogens is 1. The highest BCUT2D eigenvalue weighted by Crippen LogP contribution is 2.25. The van der Waals surface area contributed by atoms with E-state index in [1.165, 1.54) is 12.1 Å². The van der Waals surface area contributed by atoms with Crippen molar-refractivity contribution >= 4 is 22.5 Å². The summed E-state index contributed by atoms with van der Waals surface area (Å²) in [5.41, 5.74) is 2.20. The molecule has 6 heteroatoms. The lowest BCUT2D eigenvalue weighted by atomic mass is 10.1. The fraction of sp³-hybridized carbons (Fsp3) is 0.250. The average molecular weight is 375 g/mol. The van der Waals surface area contributed by atoms with Gasteiger partial charge in [0.05, 0.1) is 11.6 Å². The number of hydrogen-bond donors (Lipinski definition) is 2. The van der Waals surface area contributed by atoms with E-state index in [1.54, 1.807) is 19.1 Å². The number of pyridine rings is 1. The number of ether oxygens (including phenoxy) is 1. The van der Waals surface area contributed by atoms with Crippen molar-refractivity contribution in [1.82, 2.24) is 10.3 Å². The number of rotatable bonds is 7. The van der Waals surface area contributed by atoms with Gasteiger partial charge in [-0.25, -0.2) is 9.37 Å². The lowest BCUT2D eigenvalue weighted by Gasteiger charge is -2.14. The van der Waals surface area contributed by atoms with Crippen LogP contribution in [0.4, 0.5) is 4.39 Å². The number of fused-ring (bicyclic) bond motifs is 1. The van der Waals surface area contributed by atoms with Gasteiger partial charge in [0.15, 0.2) is 0 Å². The molecule has 0 fully saturated rings. The number of nitrogens with one attached hydrogen (secondary N) is 1. The summed E-state index contributed by atoms with van der Waals surface area (Å²) in [6.45, 7) is 2.90. The highest BCUT2D eigenvalue weighted by atomic mass is 35.5. The van der Waals surface area contributed by atoms with Crippen molar-refractivity contribution in [1.29, 1.82) is 0 Å². The molecule has 0 amide bonds. The minimum Gasteiger partial charge on any atom is -0.472 e. The maximum atomic E-state index is 13.5. The molecule has 0 aliphatic heterocycles. The van der Waals surface area contributed by atoms with E-state index in [2.05, 4.69) is 10.3 Å². The van der Waals surface area contributed by atoms with Gasteiger partial charge in [0.25, 0.3) is 0 Å². The summed E-state index contributed by atoms with van der Waals surface area (Å²) in [6.07, 6.45) is -0.454. The van der Waals surface area contributed by atoms with Crippen LogP contribution in [0.2, 0.25) is 5.02 Å². The number of halogens is 2. The predicted molar refractivity (Wildman–Crippen MR) is 101 cm³/mol. The molecule has 0 aliphatic carbocycles. The second-order valence-electron chi connectivity index (χ2n) is 6.15. The molecule has 1 aromatic heterocycles. The van der Waals surface area contributed by atoms with Crippen LogP contribution < -0.4 is 10.1 Å². The first kappa shape index (κ1) is 18.6. The van der Waals surface area contributed by atoms with Crippen LogP contribution in [0.1, 0.15) is 18.1 Å². The molecule has 3 rings (SSSR count).